The molecule has 3 fully saturated rings. The monoisotopic (exact) mass is 211 g/mol. The summed E-state index contributed by atoms with van der Waals surface area (Å²) < 4.78 is 5.52. The largest absolute Gasteiger partial charge is 0.389 e. The van der Waals surface area contributed by atoms with Crippen LogP contribution in [0, 0.1) is 5.92 Å². The molecule has 0 aromatic carbocycles. The Morgan fingerprint density at radius 2 is 1.67 bits per heavy atom. The number of hydrogen-bond acceptors (Lipinski definition) is 3. The second kappa shape index (κ2) is 3.72. The Kier molecular flexibility index (Phi) is 2.49. The van der Waals surface area contributed by atoms with E-state index in [1.165, 1.54) is 25.7 Å². The number of piperidine rings is 1. The Hall–Kier alpha value is -0.120. The molecule has 3 aliphatic rings. The summed E-state index contributed by atoms with van der Waals surface area (Å²) >= 11 is 0. The normalized spacial score (nSPS) is 47.0. The Morgan fingerprint density at radius 1 is 1.07 bits per heavy atom. The number of ether oxygens (including phenoxy) is 1. The van der Waals surface area contributed by atoms with Crippen LogP contribution in [-0.2, 0) is 4.74 Å². The molecule has 3 rings (SSSR count). The minimum atomic E-state index is -0.388. The molecular formula is C12H21NO2. The molecule has 2 heterocycles. The van der Waals surface area contributed by atoms with E-state index in [-0.39, 0.29) is 5.60 Å². The minimum absolute atomic E-state index is 0.388. The first kappa shape index (κ1) is 10.1. The summed E-state index contributed by atoms with van der Waals surface area (Å²) in [6, 6.07) is 0.784. The second-order valence-corrected chi connectivity index (χ2v) is 5.59. The summed E-state index contributed by atoms with van der Waals surface area (Å²) in [6.07, 6.45) is 6.88. The molecule has 2 bridgehead atoms. The molecule has 0 amide bonds. The summed E-state index contributed by atoms with van der Waals surface area (Å²) in [7, 11) is 0. The van der Waals surface area contributed by atoms with Crippen molar-refractivity contribution in [1.82, 2.24) is 5.32 Å². The Morgan fingerprint density at radius 3 is 2.27 bits per heavy atom. The van der Waals surface area contributed by atoms with Crippen LogP contribution in [0.2, 0.25) is 0 Å². The molecule has 3 heteroatoms. The topological polar surface area (TPSA) is 41.5 Å². The highest BCUT2D eigenvalue weighted by Gasteiger charge is 2.46. The van der Waals surface area contributed by atoms with E-state index in [2.05, 4.69) is 5.32 Å². The molecule has 3 nitrogen and oxygen atoms in total. The maximum absolute atomic E-state index is 10.8. The van der Waals surface area contributed by atoms with Gasteiger partial charge in [0.2, 0.25) is 0 Å². The maximum atomic E-state index is 10.8. The van der Waals surface area contributed by atoms with Gasteiger partial charge >= 0.3 is 0 Å². The number of aliphatic hydroxyl groups is 1. The fourth-order valence-corrected chi connectivity index (χ4v) is 3.75. The zero-order valence-corrected chi connectivity index (χ0v) is 9.24. The molecule has 2 N–H and O–H groups in total. The van der Waals surface area contributed by atoms with E-state index in [1.807, 2.05) is 0 Å². The zero-order valence-electron chi connectivity index (χ0n) is 9.24. The predicted molar refractivity (Wildman–Crippen MR) is 57.7 cm³/mol. The van der Waals surface area contributed by atoms with Crippen LogP contribution in [0.25, 0.3) is 0 Å². The number of morpholine rings is 1. The highest BCUT2D eigenvalue weighted by atomic mass is 16.5. The van der Waals surface area contributed by atoms with Crippen molar-refractivity contribution in [3.63, 3.8) is 0 Å². The predicted octanol–water partition coefficient (Wildman–Crippen LogP) is 1.06. The van der Waals surface area contributed by atoms with Gasteiger partial charge in [0.1, 0.15) is 0 Å². The van der Waals surface area contributed by atoms with Crippen LogP contribution in [-0.4, -0.2) is 36.0 Å². The smallest absolute Gasteiger partial charge is 0.0707 e. The number of hydrogen-bond donors (Lipinski definition) is 2. The molecule has 0 aromatic heterocycles. The third kappa shape index (κ3) is 1.81. The van der Waals surface area contributed by atoms with Gasteiger partial charge in [0.15, 0.2) is 0 Å². The Bertz CT molecular complexity index is 226. The summed E-state index contributed by atoms with van der Waals surface area (Å²) in [6.45, 7) is 1.57. The molecule has 15 heavy (non-hydrogen) atoms. The van der Waals surface area contributed by atoms with Crippen molar-refractivity contribution >= 4 is 0 Å². The lowest BCUT2D eigenvalue weighted by molar-refractivity contribution is -0.105. The molecular weight excluding hydrogens is 190 g/mol. The number of rotatable bonds is 1. The van der Waals surface area contributed by atoms with Gasteiger partial charge in [0.25, 0.3) is 0 Å². The van der Waals surface area contributed by atoms with Crippen LogP contribution in [0.1, 0.15) is 38.5 Å². The van der Waals surface area contributed by atoms with Gasteiger partial charge < -0.3 is 15.2 Å². The average Bonchev–Trinajstić information content (AvgIpc) is 2.69. The van der Waals surface area contributed by atoms with Gasteiger partial charge in [-0.25, -0.2) is 0 Å². The molecule has 0 radical (unpaired) electrons. The molecule has 1 saturated carbocycles. The SMILES string of the molecule is OC1(C2CCCC2)CC2COCC(C1)N2. The van der Waals surface area contributed by atoms with Crippen LogP contribution in [0.15, 0.2) is 0 Å². The fraction of sp³-hybridized carbons (Fsp3) is 1.00. The molecule has 1 aliphatic carbocycles. The first-order valence-corrected chi connectivity index (χ1v) is 6.32. The number of nitrogens with one attached hydrogen (secondary N) is 1. The van der Waals surface area contributed by atoms with Crippen LogP contribution in [0.3, 0.4) is 0 Å². The standard InChI is InChI=1S/C12H21NO2/c14-12(9-3-1-2-4-9)5-10-7-15-8-11(6-12)13-10/h9-11,13-14H,1-8H2. The van der Waals surface area contributed by atoms with Crippen LogP contribution in [0.4, 0.5) is 0 Å². The van der Waals surface area contributed by atoms with Crippen molar-refractivity contribution in [3.05, 3.63) is 0 Å². The lowest BCUT2D eigenvalue weighted by Gasteiger charge is -2.47. The van der Waals surface area contributed by atoms with Crippen molar-refractivity contribution < 1.29 is 9.84 Å². The van der Waals surface area contributed by atoms with Crippen LogP contribution >= 0.6 is 0 Å². The first-order valence-electron chi connectivity index (χ1n) is 6.32. The third-order valence-electron chi connectivity index (χ3n) is 4.42. The third-order valence-corrected chi connectivity index (χ3v) is 4.42. The lowest BCUT2D eigenvalue weighted by atomic mass is 9.73. The van der Waals surface area contributed by atoms with Gasteiger partial charge in [0, 0.05) is 12.1 Å². The summed E-state index contributed by atoms with van der Waals surface area (Å²) in [5.41, 5.74) is -0.388. The fourth-order valence-electron chi connectivity index (χ4n) is 3.75. The van der Waals surface area contributed by atoms with Crippen molar-refractivity contribution in [3.8, 4) is 0 Å². The Labute approximate surface area is 91.2 Å². The zero-order chi connectivity index (χ0) is 10.3. The average molecular weight is 211 g/mol. The van der Waals surface area contributed by atoms with Crippen molar-refractivity contribution in [1.29, 1.82) is 0 Å². The van der Waals surface area contributed by atoms with Crippen LogP contribution < -0.4 is 5.32 Å². The van der Waals surface area contributed by atoms with Gasteiger partial charge in [0.05, 0.1) is 18.8 Å². The molecule has 86 valence electrons. The van der Waals surface area contributed by atoms with E-state index in [0.717, 1.165) is 26.1 Å². The van der Waals surface area contributed by atoms with E-state index in [4.69, 9.17) is 4.74 Å². The van der Waals surface area contributed by atoms with Crippen molar-refractivity contribution in [2.45, 2.75) is 56.2 Å². The van der Waals surface area contributed by atoms with E-state index >= 15 is 0 Å². The highest BCUT2D eigenvalue weighted by molar-refractivity contribution is 5.01. The van der Waals surface area contributed by atoms with Crippen molar-refractivity contribution in [2.24, 2.45) is 5.92 Å². The maximum Gasteiger partial charge on any atom is 0.0707 e. The minimum Gasteiger partial charge on any atom is -0.389 e. The van der Waals surface area contributed by atoms with E-state index in [9.17, 15) is 5.11 Å². The quantitative estimate of drug-likeness (QED) is 0.681. The van der Waals surface area contributed by atoms with Gasteiger partial charge in [-0.3, -0.25) is 0 Å². The van der Waals surface area contributed by atoms with Gasteiger partial charge in [-0.05, 0) is 31.6 Å². The summed E-state index contributed by atoms with van der Waals surface area (Å²) in [5.74, 6) is 0.558. The van der Waals surface area contributed by atoms with Gasteiger partial charge in [-0.2, -0.15) is 0 Å². The number of fused-ring (bicyclic) bond motifs is 2. The molecule has 0 aromatic rings. The van der Waals surface area contributed by atoms with E-state index < -0.39 is 0 Å². The van der Waals surface area contributed by atoms with Crippen molar-refractivity contribution in [2.75, 3.05) is 13.2 Å². The first-order chi connectivity index (χ1) is 7.26. The van der Waals surface area contributed by atoms with E-state index in [1.54, 1.807) is 0 Å². The second-order valence-electron chi connectivity index (χ2n) is 5.59. The van der Waals surface area contributed by atoms with Gasteiger partial charge in [-0.15, -0.1) is 0 Å². The van der Waals surface area contributed by atoms with Gasteiger partial charge in [-0.1, -0.05) is 12.8 Å². The van der Waals surface area contributed by atoms with E-state index in [0.29, 0.717) is 18.0 Å². The molecule has 0 spiro atoms. The van der Waals surface area contributed by atoms with Crippen LogP contribution in [0.5, 0.6) is 0 Å². The summed E-state index contributed by atoms with van der Waals surface area (Å²) in [5, 5.41) is 14.3. The molecule has 2 saturated heterocycles. The molecule has 2 atom stereocenters. The lowest BCUT2D eigenvalue weighted by Crippen LogP contribution is -2.61. The Balaban J connectivity index is 1.74. The molecule has 2 aliphatic heterocycles. The summed E-state index contributed by atoms with van der Waals surface area (Å²) in [4.78, 5) is 0. The highest BCUT2D eigenvalue weighted by Crippen LogP contribution is 2.42. The molecule has 2 unspecified atom stereocenters.